The minimum Gasteiger partial charge on any atom is -0.393 e. The van der Waals surface area contributed by atoms with Crippen molar-refractivity contribution in [2.75, 3.05) is 0 Å². The molecule has 210 valence electrons. The van der Waals surface area contributed by atoms with Gasteiger partial charge in [-0.15, -0.1) is 11.3 Å². The minimum absolute atomic E-state index is 0.102. The van der Waals surface area contributed by atoms with E-state index in [1.165, 1.54) is 19.8 Å². The second-order valence-electron chi connectivity index (χ2n) is 13.8. The van der Waals surface area contributed by atoms with E-state index >= 15 is 0 Å². The largest absolute Gasteiger partial charge is 0.393 e. The summed E-state index contributed by atoms with van der Waals surface area (Å²) in [4.78, 5) is 4.29. The van der Waals surface area contributed by atoms with E-state index < -0.39 is 17.5 Å². The van der Waals surface area contributed by atoms with Gasteiger partial charge in [0, 0.05) is 5.56 Å². The van der Waals surface area contributed by atoms with Gasteiger partial charge in [-0.3, -0.25) is 0 Å². The van der Waals surface area contributed by atoms with Crippen molar-refractivity contribution in [1.82, 2.24) is 4.98 Å². The Kier molecular flexibility index (Phi) is 6.71. The smallest absolute Gasteiger partial charge is 0.186 e. The number of thiazole rings is 1. The maximum absolute atomic E-state index is 14.6. The number of aliphatic hydroxyl groups is 2. The average molecular weight is 550 g/mol. The molecule has 7 heteroatoms. The highest BCUT2D eigenvalue weighted by molar-refractivity contribution is 7.18. The normalized spacial score (nSPS) is 41.6. The minimum atomic E-state index is -1.15. The van der Waals surface area contributed by atoms with E-state index in [-0.39, 0.29) is 38.8 Å². The van der Waals surface area contributed by atoms with Crippen LogP contribution in [0.25, 0.3) is 10.2 Å². The number of aryl methyl sites for hydroxylation is 1. The summed E-state index contributed by atoms with van der Waals surface area (Å²) in [5.74, 6) is 0.0809. The number of benzene rings is 1. The Labute approximate surface area is 228 Å². The number of hydrogen-bond donors (Lipinski definition) is 2. The van der Waals surface area contributed by atoms with Crippen LogP contribution < -0.4 is 0 Å². The number of nitrogens with zero attached hydrogens (tertiary/aromatic N) is 1. The first-order valence-electron chi connectivity index (χ1n) is 14.7. The fourth-order valence-electron chi connectivity index (χ4n) is 10.0. The zero-order valence-electron chi connectivity index (χ0n) is 23.1. The van der Waals surface area contributed by atoms with Gasteiger partial charge in [-0.05, 0) is 117 Å². The molecule has 1 aromatic carbocycles. The van der Waals surface area contributed by atoms with Crippen LogP contribution in [0.5, 0.6) is 0 Å². The molecule has 2 N–H and O–H groups in total. The predicted molar refractivity (Wildman–Crippen MR) is 144 cm³/mol. The van der Waals surface area contributed by atoms with Crippen LogP contribution in [0.2, 0.25) is 0 Å². The number of aromatic nitrogens is 1. The Morgan fingerprint density at radius 3 is 2.50 bits per heavy atom. The molecule has 3 nitrogen and oxygen atoms in total. The number of hydrogen-bond acceptors (Lipinski definition) is 4. The number of rotatable bonds is 4. The van der Waals surface area contributed by atoms with Gasteiger partial charge in [0.2, 0.25) is 0 Å². The quantitative estimate of drug-likeness (QED) is 0.387. The van der Waals surface area contributed by atoms with Gasteiger partial charge in [0.25, 0.3) is 0 Å². The number of halogens is 3. The molecule has 4 aliphatic rings. The molecule has 38 heavy (non-hydrogen) atoms. The van der Waals surface area contributed by atoms with Gasteiger partial charge in [-0.25, -0.2) is 18.2 Å². The molecule has 1 aromatic heterocycles. The lowest BCUT2D eigenvalue weighted by Crippen LogP contribution is -2.58. The van der Waals surface area contributed by atoms with E-state index in [0.717, 1.165) is 56.3 Å². The summed E-state index contributed by atoms with van der Waals surface area (Å²) in [5, 5.41) is 22.7. The van der Waals surface area contributed by atoms with Crippen LogP contribution in [-0.2, 0) is 6.42 Å². The van der Waals surface area contributed by atoms with Crippen molar-refractivity contribution in [1.29, 1.82) is 0 Å². The standard InChI is InChI=1S/C31H42F3NO2S/c1-15(5-10-24-35-28-27(34)25(32)16(2)26(33)29(28)38-24)20-8-9-21-19-7-6-17-13-18(36)11-12-30(17,3)22(19)14-23(37)31(20,21)4/h15,17-23,36-37H,5-14H2,1-4H3/t15?,17-,18-,19+,20-,21+,22+,23+,30+,31-/m1/s1. The first kappa shape index (κ1) is 27.0. The second kappa shape index (κ2) is 9.44. The third-order valence-electron chi connectivity index (χ3n) is 12.2. The molecular formula is C31H42F3NO2S. The molecule has 10 atom stereocenters. The lowest BCUT2D eigenvalue weighted by Gasteiger charge is -2.62. The SMILES string of the molecule is Cc1c(F)c(F)c2nc(CCC(C)[C@H]3CC[C@H]4[C@@H]5CC[C@@H]6C[C@H](O)CC[C@]6(C)[C@H]5C[C@H](O)[C@]34C)sc2c1F. The summed E-state index contributed by atoms with van der Waals surface area (Å²) in [5.41, 5.74) is -0.382. The van der Waals surface area contributed by atoms with Gasteiger partial charge in [-0.2, -0.15) is 0 Å². The molecule has 4 saturated carbocycles. The van der Waals surface area contributed by atoms with Crippen molar-refractivity contribution in [3.63, 3.8) is 0 Å². The van der Waals surface area contributed by atoms with Gasteiger partial charge < -0.3 is 10.2 Å². The van der Waals surface area contributed by atoms with E-state index in [2.05, 4.69) is 25.8 Å². The van der Waals surface area contributed by atoms with E-state index in [9.17, 15) is 23.4 Å². The third kappa shape index (κ3) is 3.84. The molecule has 4 fully saturated rings. The van der Waals surface area contributed by atoms with Crippen LogP contribution in [-0.4, -0.2) is 27.4 Å². The molecule has 2 aromatic rings. The number of aliphatic hydroxyl groups excluding tert-OH is 2. The molecule has 0 amide bonds. The highest BCUT2D eigenvalue weighted by Crippen LogP contribution is 2.68. The monoisotopic (exact) mass is 549 g/mol. The topological polar surface area (TPSA) is 53.4 Å². The van der Waals surface area contributed by atoms with Crippen molar-refractivity contribution >= 4 is 21.6 Å². The second-order valence-corrected chi connectivity index (χ2v) is 14.8. The Morgan fingerprint density at radius 1 is 0.974 bits per heavy atom. The van der Waals surface area contributed by atoms with Gasteiger partial charge >= 0.3 is 0 Å². The molecule has 0 bridgehead atoms. The van der Waals surface area contributed by atoms with Crippen LogP contribution in [0.15, 0.2) is 0 Å². The fourth-order valence-corrected chi connectivity index (χ4v) is 11.1. The van der Waals surface area contributed by atoms with Crippen molar-refractivity contribution in [2.24, 2.45) is 46.3 Å². The molecule has 4 aliphatic carbocycles. The maximum atomic E-state index is 14.6. The maximum Gasteiger partial charge on any atom is 0.186 e. The van der Waals surface area contributed by atoms with Crippen LogP contribution in [0.1, 0.15) is 89.1 Å². The van der Waals surface area contributed by atoms with Gasteiger partial charge in [0.05, 0.1) is 21.9 Å². The highest BCUT2D eigenvalue weighted by atomic mass is 32.1. The Morgan fingerprint density at radius 2 is 1.74 bits per heavy atom. The summed E-state index contributed by atoms with van der Waals surface area (Å²) in [6.07, 6.45) is 9.36. The fraction of sp³-hybridized carbons (Fsp3) is 0.774. The van der Waals surface area contributed by atoms with E-state index in [1.54, 1.807) is 0 Å². The first-order valence-corrected chi connectivity index (χ1v) is 15.6. The van der Waals surface area contributed by atoms with Crippen molar-refractivity contribution < 1.29 is 23.4 Å². The molecule has 6 rings (SSSR count). The zero-order valence-corrected chi connectivity index (χ0v) is 23.9. The van der Waals surface area contributed by atoms with Crippen molar-refractivity contribution in [2.45, 2.75) is 104 Å². The highest BCUT2D eigenvalue weighted by Gasteiger charge is 2.63. The summed E-state index contributed by atoms with van der Waals surface area (Å²) in [6.45, 7) is 8.30. The van der Waals surface area contributed by atoms with Crippen LogP contribution in [0.4, 0.5) is 13.2 Å². The Balaban J connectivity index is 1.19. The van der Waals surface area contributed by atoms with Crippen molar-refractivity contribution in [3.8, 4) is 0 Å². The van der Waals surface area contributed by atoms with Crippen LogP contribution in [0.3, 0.4) is 0 Å². The number of fused-ring (bicyclic) bond motifs is 6. The first-order chi connectivity index (χ1) is 18.0. The molecule has 0 spiro atoms. The van der Waals surface area contributed by atoms with E-state index in [4.69, 9.17) is 0 Å². The summed E-state index contributed by atoms with van der Waals surface area (Å²) in [7, 11) is 0. The Bertz CT molecular complexity index is 1190. The summed E-state index contributed by atoms with van der Waals surface area (Å²) < 4.78 is 43.2. The zero-order chi connectivity index (χ0) is 27.1. The lowest BCUT2D eigenvalue weighted by molar-refractivity contribution is -0.174. The Hall–Kier alpha value is -1.18. The lowest BCUT2D eigenvalue weighted by atomic mass is 9.43. The van der Waals surface area contributed by atoms with Gasteiger partial charge in [0.15, 0.2) is 11.6 Å². The summed E-state index contributed by atoms with van der Waals surface area (Å²) in [6, 6.07) is 0. The molecule has 0 saturated heterocycles. The molecular weight excluding hydrogens is 507 g/mol. The molecule has 0 aliphatic heterocycles. The third-order valence-corrected chi connectivity index (χ3v) is 13.4. The molecule has 0 radical (unpaired) electrons. The van der Waals surface area contributed by atoms with E-state index in [1.807, 2.05) is 0 Å². The predicted octanol–water partition coefficient (Wildman–Crippen LogP) is 7.58. The van der Waals surface area contributed by atoms with Crippen molar-refractivity contribution in [3.05, 3.63) is 28.0 Å². The van der Waals surface area contributed by atoms with Crippen LogP contribution in [0, 0.1) is 70.7 Å². The van der Waals surface area contributed by atoms with Crippen LogP contribution >= 0.6 is 11.3 Å². The van der Waals surface area contributed by atoms with E-state index in [0.29, 0.717) is 46.9 Å². The molecule has 1 heterocycles. The molecule has 1 unspecified atom stereocenters. The van der Waals surface area contributed by atoms with Gasteiger partial charge in [-0.1, -0.05) is 20.8 Å². The summed E-state index contributed by atoms with van der Waals surface area (Å²) >= 11 is 1.13. The average Bonchev–Trinajstić information content (AvgIpc) is 3.48. The van der Waals surface area contributed by atoms with Gasteiger partial charge in [0.1, 0.15) is 11.3 Å².